The van der Waals surface area contributed by atoms with Gasteiger partial charge in [-0.2, -0.15) is 0 Å². The molecule has 0 aromatic heterocycles. The zero-order chi connectivity index (χ0) is 13.4. The monoisotopic (exact) mass is 254 g/mol. The number of fused-ring (bicyclic) bond motifs is 3. The van der Waals surface area contributed by atoms with Gasteiger partial charge >= 0.3 is 5.97 Å². The quantitative estimate of drug-likeness (QED) is 0.785. The van der Waals surface area contributed by atoms with Crippen LogP contribution in [0.15, 0.2) is 42.5 Å². The van der Waals surface area contributed by atoms with Gasteiger partial charge in [0.2, 0.25) is 0 Å². The van der Waals surface area contributed by atoms with E-state index >= 15 is 0 Å². The number of carbonyl (C=O) groups is 1. The lowest BCUT2D eigenvalue weighted by molar-refractivity contribution is -0.134. The first kappa shape index (κ1) is 11.7. The highest BCUT2D eigenvalue weighted by Crippen LogP contribution is 2.45. The second-order valence-electron chi connectivity index (χ2n) is 4.58. The van der Waals surface area contributed by atoms with Crippen molar-refractivity contribution in [3.8, 4) is 11.1 Å². The Morgan fingerprint density at radius 3 is 2.68 bits per heavy atom. The molecule has 2 aromatic carbocycles. The van der Waals surface area contributed by atoms with Gasteiger partial charge in [0.15, 0.2) is 0 Å². The molecule has 1 aliphatic rings. The van der Waals surface area contributed by atoms with Crippen molar-refractivity contribution in [1.82, 2.24) is 0 Å². The number of nitrogens with two attached hydrogens (primary N) is 1. The maximum atomic E-state index is 10.7. The zero-order valence-corrected chi connectivity index (χ0v) is 10.3. The fourth-order valence-corrected chi connectivity index (χ4v) is 2.63. The number of anilines is 1. The molecule has 1 atom stereocenters. The van der Waals surface area contributed by atoms with Gasteiger partial charge in [-0.15, -0.1) is 0 Å². The molecule has 0 aliphatic heterocycles. The molecule has 0 radical (unpaired) electrons. The lowest BCUT2D eigenvalue weighted by atomic mass is 10.0. The van der Waals surface area contributed by atoms with Crippen molar-refractivity contribution >= 4 is 11.7 Å². The van der Waals surface area contributed by atoms with Gasteiger partial charge in [0.05, 0.1) is 6.04 Å². The number of hydrogen-bond donors (Lipinski definition) is 3. The smallest absolute Gasteiger partial charge is 0.322 e. The summed E-state index contributed by atoms with van der Waals surface area (Å²) in [6, 6.07) is 13.6. The van der Waals surface area contributed by atoms with E-state index in [0.717, 1.165) is 27.9 Å². The minimum absolute atomic E-state index is 0.112. The van der Waals surface area contributed by atoms with Crippen LogP contribution in [0.25, 0.3) is 11.1 Å². The van der Waals surface area contributed by atoms with E-state index in [1.807, 2.05) is 42.5 Å². The summed E-state index contributed by atoms with van der Waals surface area (Å²) in [6.45, 7) is -0.112. The molecule has 0 heterocycles. The Kier molecular flexibility index (Phi) is 2.72. The lowest BCUT2D eigenvalue weighted by Crippen LogP contribution is -2.16. The Balaban J connectivity index is 2.08. The van der Waals surface area contributed by atoms with Crippen LogP contribution in [0.4, 0.5) is 5.69 Å². The SMILES string of the molecule is NC1c2ccccc2-c2cccc(NCC(=O)O)c21. The van der Waals surface area contributed by atoms with E-state index in [4.69, 9.17) is 10.8 Å². The van der Waals surface area contributed by atoms with E-state index in [0.29, 0.717) is 0 Å². The molecule has 3 rings (SSSR count). The van der Waals surface area contributed by atoms with E-state index in [-0.39, 0.29) is 12.6 Å². The van der Waals surface area contributed by atoms with Crippen molar-refractivity contribution in [3.05, 3.63) is 53.6 Å². The molecule has 0 saturated carbocycles. The molecule has 4 nitrogen and oxygen atoms in total. The lowest BCUT2D eigenvalue weighted by Gasteiger charge is -2.13. The highest BCUT2D eigenvalue weighted by atomic mass is 16.4. The standard InChI is InChI=1S/C15H14N2O2/c16-15-11-5-2-1-4-9(11)10-6-3-7-12(14(10)15)17-8-13(18)19/h1-7,15,17H,8,16H2,(H,18,19). The van der Waals surface area contributed by atoms with Crippen molar-refractivity contribution in [2.45, 2.75) is 6.04 Å². The summed E-state index contributed by atoms with van der Waals surface area (Å²) >= 11 is 0. The van der Waals surface area contributed by atoms with Crippen molar-refractivity contribution < 1.29 is 9.90 Å². The fourth-order valence-electron chi connectivity index (χ4n) is 2.63. The van der Waals surface area contributed by atoms with Crippen LogP contribution in [0.2, 0.25) is 0 Å². The third-order valence-corrected chi connectivity index (χ3v) is 3.43. The van der Waals surface area contributed by atoms with Crippen molar-refractivity contribution in [2.75, 3.05) is 11.9 Å². The number of carboxylic acid groups (broad SMARTS) is 1. The molecule has 1 unspecified atom stereocenters. The van der Waals surface area contributed by atoms with E-state index in [9.17, 15) is 4.79 Å². The predicted octanol–water partition coefficient (Wildman–Crippen LogP) is 2.21. The summed E-state index contributed by atoms with van der Waals surface area (Å²) in [5.74, 6) is -0.887. The Labute approximate surface area is 110 Å². The zero-order valence-electron chi connectivity index (χ0n) is 10.3. The van der Waals surface area contributed by atoms with Gasteiger partial charge in [0, 0.05) is 11.3 Å². The second-order valence-corrected chi connectivity index (χ2v) is 4.58. The van der Waals surface area contributed by atoms with E-state index in [1.165, 1.54) is 0 Å². The van der Waals surface area contributed by atoms with Gasteiger partial charge in [-0.3, -0.25) is 4.79 Å². The summed E-state index contributed by atoms with van der Waals surface area (Å²) in [7, 11) is 0. The van der Waals surface area contributed by atoms with Crippen LogP contribution in [0.1, 0.15) is 17.2 Å². The van der Waals surface area contributed by atoms with E-state index in [2.05, 4.69) is 5.32 Å². The summed E-state index contributed by atoms with van der Waals surface area (Å²) in [5.41, 5.74) is 11.3. The van der Waals surface area contributed by atoms with Crippen LogP contribution in [0.5, 0.6) is 0 Å². The predicted molar refractivity (Wildman–Crippen MR) is 74.0 cm³/mol. The average Bonchev–Trinajstić information content (AvgIpc) is 2.71. The highest BCUT2D eigenvalue weighted by molar-refractivity contribution is 5.84. The fraction of sp³-hybridized carbons (Fsp3) is 0.133. The second kappa shape index (κ2) is 4.40. The number of nitrogens with one attached hydrogen (secondary N) is 1. The summed E-state index contributed by atoms with van der Waals surface area (Å²) in [4.78, 5) is 10.7. The number of hydrogen-bond acceptors (Lipinski definition) is 3. The van der Waals surface area contributed by atoms with Crippen LogP contribution in [0.3, 0.4) is 0 Å². The molecular formula is C15H14N2O2. The number of benzene rings is 2. The molecule has 0 spiro atoms. The first-order chi connectivity index (χ1) is 9.18. The average molecular weight is 254 g/mol. The van der Waals surface area contributed by atoms with Gasteiger partial charge in [-0.05, 0) is 22.8 Å². The molecule has 96 valence electrons. The van der Waals surface area contributed by atoms with Crippen LogP contribution < -0.4 is 11.1 Å². The molecule has 19 heavy (non-hydrogen) atoms. The Morgan fingerprint density at radius 1 is 1.16 bits per heavy atom. The van der Waals surface area contributed by atoms with Crippen LogP contribution in [-0.4, -0.2) is 17.6 Å². The maximum Gasteiger partial charge on any atom is 0.322 e. The topological polar surface area (TPSA) is 75.3 Å². The minimum atomic E-state index is -0.887. The highest BCUT2D eigenvalue weighted by Gasteiger charge is 2.27. The molecule has 4 N–H and O–H groups in total. The van der Waals surface area contributed by atoms with Crippen LogP contribution in [0, 0.1) is 0 Å². The number of rotatable bonds is 3. The van der Waals surface area contributed by atoms with Gasteiger partial charge in [0.1, 0.15) is 6.54 Å². The van der Waals surface area contributed by atoms with Gasteiger partial charge in [0.25, 0.3) is 0 Å². The molecule has 0 amide bonds. The Morgan fingerprint density at radius 2 is 1.89 bits per heavy atom. The van der Waals surface area contributed by atoms with Crippen molar-refractivity contribution in [3.63, 3.8) is 0 Å². The number of aliphatic carboxylic acids is 1. The Hall–Kier alpha value is -2.33. The minimum Gasteiger partial charge on any atom is -0.480 e. The van der Waals surface area contributed by atoms with Gasteiger partial charge in [-0.25, -0.2) is 0 Å². The maximum absolute atomic E-state index is 10.7. The van der Waals surface area contributed by atoms with Crippen LogP contribution >= 0.6 is 0 Å². The van der Waals surface area contributed by atoms with Gasteiger partial charge < -0.3 is 16.2 Å². The molecule has 0 fully saturated rings. The Bertz CT molecular complexity index is 652. The molecule has 0 bridgehead atoms. The van der Waals surface area contributed by atoms with E-state index < -0.39 is 5.97 Å². The molecular weight excluding hydrogens is 240 g/mol. The van der Waals surface area contributed by atoms with Crippen molar-refractivity contribution in [2.24, 2.45) is 5.73 Å². The third kappa shape index (κ3) is 1.86. The third-order valence-electron chi connectivity index (χ3n) is 3.43. The molecule has 0 saturated heterocycles. The summed E-state index contributed by atoms with van der Waals surface area (Å²) in [5, 5.41) is 11.7. The molecule has 4 heteroatoms. The van der Waals surface area contributed by atoms with Gasteiger partial charge in [-0.1, -0.05) is 36.4 Å². The first-order valence-corrected chi connectivity index (χ1v) is 6.12. The summed E-state index contributed by atoms with van der Waals surface area (Å²) in [6.07, 6.45) is 0. The van der Waals surface area contributed by atoms with E-state index in [1.54, 1.807) is 0 Å². The normalized spacial score (nSPS) is 15.7. The number of carboxylic acids is 1. The largest absolute Gasteiger partial charge is 0.480 e. The molecule has 2 aromatic rings. The van der Waals surface area contributed by atoms with Crippen LogP contribution in [-0.2, 0) is 4.79 Å². The molecule has 1 aliphatic carbocycles. The first-order valence-electron chi connectivity index (χ1n) is 6.12. The van der Waals surface area contributed by atoms with Crippen molar-refractivity contribution in [1.29, 1.82) is 0 Å². The summed E-state index contributed by atoms with van der Waals surface area (Å²) < 4.78 is 0.